The van der Waals surface area contributed by atoms with Crippen LogP contribution in [0.2, 0.25) is 0 Å². The van der Waals surface area contributed by atoms with Gasteiger partial charge in [0.1, 0.15) is 0 Å². The molecule has 3 heteroatoms. The average Bonchev–Trinajstić information content (AvgIpc) is 3.74. The molecule has 6 rings (SSSR count). The summed E-state index contributed by atoms with van der Waals surface area (Å²) < 4.78 is 0. The molecule has 0 aliphatic heterocycles. The molecule has 0 saturated heterocycles. The zero-order chi connectivity index (χ0) is 31.4. The Hall–Kier alpha value is -2.68. The second-order valence-corrected chi connectivity index (χ2v) is 16.0. The Morgan fingerprint density at radius 1 is 0.422 bits per heavy atom. The zero-order valence-electron chi connectivity index (χ0n) is 27.9. The van der Waals surface area contributed by atoms with Gasteiger partial charge in [0.2, 0.25) is 0 Å². The summed E-state index contributed by atoms with van der Waals surface area (Å²) in [6, 6.07) is 44.7. The quantitative estimate of drug-likeness (QED) is 0.120. The molecule has 0 fully saturated rings. The minimum atomic E-state index is -0.735. The predicted octanol–water partition coefficient (Wildman–Crippen LogP) is 8.79. The van der Waals surface area contributed by atoms with Gasteiger partial charge in [0, 0.05) is 26.2 Å². The maximum atomic E-state index is 2.43. The van der Waals surface area contributed by atoms with Crippen molar-refractivity contribution in [3.63, 3.8) is 0 Å². The third-order valence-electron chi connectivity index (χ3n) is 9.08. The molecule has 0 atom stereocenters. The van der Waals surface area contributed by atoms with Gasteiger partial charge in [-0.2, -0.15) is 6.07 Å². The summed E-state index contributed by atoms with van der Waals surface area (Å²) in [4.78, 5) is 0. The molecule has 0 amide bonds. The first kappa shape index (κ1) is 35.2. The van der Waals surface area contributed by atoms with E-state index in [0.717, 1.165) is 0 Å². The van der Waals surface area contributed by atoms with E-state index in [9.17, 15) is 0 Å². The molecular formula is C42H44P2Zr-6. The molecule has 0 saturated carbocycles. The number of hydrogen-bond donors (Lipinski definition) is 0. The van der Waals surface area contributed by atoms with Crippen LogP contribution < -0.4 is 31.8 Å². The third kappa shape index (κ3) is 7.50. The summed E-state index contributed by atoms with van der Waals surface area (Å²) in [7, 11) is -1.47. The van der Waals surface area contributed by atoms with Gasteiger partial charge in [0.15, 0.2) is 0 Å². The van der Waals surface area contributed by atoms with Crippen LogP contribution in [0.25, 0.3) is 0 Å². The molecule has 0 heterocycles. The fourth-order valence-electron chi connectivity index (χ4n) is 5.79. The van der Waals surface area contributed by atoms with Crippen LogP contribution in [-0.4, -0.2) is 0 Å². The first-order chi connectivity index (χ1) is 21.2. The predicted molar refractivity (Wildman–Crippen MR) is 199 cm³/mol. The van der Waals surface area contributed by atoms with Crippen LogP contribution in [0.15, 0.2) is 121 Å². The minimum Gasteiger partial charge on any atom is -0.748 e. The van der Waals surface area contributed by atoms with Crippen molar-refractivity contribution in [2.24, 2.45) is 0 Å². The summed E-state index contributed by atoms with van der Waals surface area (Å²) in [5.41, 5.74) is 11.1. The monoisotopic (exact) mass is 700 g/mol. The van der Waals surface area contributed by atoms with Crippen LogP contribution in [0.4, 0.5) is 0 Å². The minimum absolute atomic E-state index is 0. The Morgan fingerprint density at radius 3 is 1.13 bits per heavy atom. The fraction of sp³-hybridized carbons (Fsp3) is 0.190. The van der Waals surface area contributed by atoms with E-state index < -0.39 is 15.8 Å². The average molecular weight is 702 g/mol. The van der Waals surface area contributed by atoms with E-state index in [1.54, 1.807) is 0 Å². The summed E-state index contributed by atoms with van der Waals surface area (Å²) in [6.07, 6.45) is 0. The van der Waals surface area contributed by atoms with Crippen molar-refractivity contribution in [3.8, 4) is 0 Å². The number of benzene rings is 4. The van der Waals surface area contributed by atoms with Crippen LogP contribution in [0.5, 0.6) is 0 Å². The van der Waals surface area contributed by atoms with Gasteiger partial charge in [-0.1, -0.05) is 80.7 Å². The topological polar surface area (TPSA) is 0 Å². The maximum absolute atomic E-state index is 2.43. The van der Waals surface area contributed by atoms with E-state index in [2.05, 4.69) is 146 Å². The van der Waals surface area contributed by atoms with Gasteiger partial charge < -0.3 is 30.3 Å². The molecule has 6 aromatic rings. The van der Waals surface area contributed by atoms with Crippen LogP contribution in [-0.2, 0) is 26.2 Å². The van der Waals surface area contributed by atoms with Crippen molar-refractivity contribution in [3.05, 3.63) is 166 Å². The Balaban J connectivity index is 0.000000700. The van der Waals surface area contributed by atoms with Gasteiger partial charge in [-0.3, -0.25) is 0 Å². The summed E-state index contributed by atoms with van der Waals surface area (Å²) in [6.45, 7) is 18.2. The van der Waals surface area contributed by atoms with Crippen LogP contribution in [0, 0.1) is 55.4 Å². The van der Waals surface area contributed by atoms with Gasteiger partial charge in [-0.25, -0.2) is 12.1 Å². The van der Waals surface area contributed by atoms with E-state index in [4.69, 9.17) is 0 Å². The molecule has 0 aromatic heterocycles. The molecule has 0 aliphatic rings. The molecule has 45 heavy (non-hydrogen) atoms. The molecule has 0 N–H and O–H groups in total. The molecule has 0 bridgehead atoms. The van der Waals surface area contributed by atoms with Gasteiger partial charge in [-0.05, 0) is 129 Å². The normalized spacial score (nSPS) is 10.9. The van der Waals surface area contributed by atoms with E-state index >= 15 is 0 Å². The standard InChI is InChI=1S/C37H39P2.C5H5.Zr/c1-24-14-9-18-32(28(24)5)38(33-19-10-15-25(2)29(33)6)36-22-13-23-37(36)39(34-20-11-16-26(3)30(34)7)35-21-12-17-27(4)31(35)8;1-2-4-5-3-1;/h9-23H,1-8H3;1-5H;/q-1;-5;. The summed E-state index contributed by atoms with van der Waals surface area (Å²) >= 11 is 0. The van der Waals surface area contributed by atoms with Crippen molar-refractivity contribution >= 4 is 47.7 Å². The van der Waals surface area contributed by atoms with Crippen molar-refractivity contribution in [1.82, 2.24) is 0 Å². The summed E-state index contributed by atoms with van der Waals surface area (Å²) in [5, 5.41) is 8.90. The first-order valence-corrected chi connectivity index (χ1v) is 18.2. The molecule has 0 nitrogen and oxygen atoms in total. The number of hydrogen-bond acceptors (Lipinski definition) is 0. The summed E-state index contributed by atoms with van der Waals surface area (Å²) in [5.74, 6) is 0. The zero-order valence-corrected chi connectivity index (χ0v) is 32.2. The Bertz CT molecular complexity index is 1620. The van der Waals surface area contributed by atoms with E-state index in [1.165, 1.54) is 76.3 Å². The van der Waals surface area contributed by atoms with E-state index in [0.29, 0.717) is 0 Å². The van der Waals surface area contributed by atoms with Crippen molar-refractivity contribution in [1.29, 1.82) is 0 Å². The molecule has 0 aliphatic carbocycles. The molecular weight excluding hydrogens is 658 g/mol. The fourth-order valence-corrected chi connectivity index (χ4v) is 12.0. The van der Waals surface area contributed by atoms with Gasteiger partial charge >= 0.3 is 0 Å². The SMILES string of the molecule is Cc1cccc(P(c2cccc(C)c2C)c2ccc[c-]2P(c2cccc(C)c2C)c2cccc(C)c2C)c1C.[Zr].[cH-]1[cH-][cH-][cH-][cH-]1. The molecule has 232 valence electrons. The van der Waals surface area contributed by atoms with Crippen molar-refractivity contribution in [2.75, 3.05) is 0 Å². The van der Waals surface area contributed by atoms with Crippen molar-refractivity contribution < 1.29 is 26.2 Å². The van der Waals surface area contributed by atoms with E-state index in [1.807, 2.05) is 30.3 Å². The number of aryl methyl sites for hydroxylation is 4. The Morgan fingerprint density at radius 2 is 0.756 bits per heavy atom. The van der Waals surface area contributed by atoms with Gasteiger partial charge in [-0.15, -0.1) is 10.6 Å². The second kappa shape index (κ2) is 15.7. The second-order valence-electron chi connectivity index (χ2n) is 11.8. The Kier molecular flexibility index (Phi) is 12.3. The van der Waals surface area contributed by atoms with Gasteiger partial charge in [0.05, 0.1) is 0 Å². The Labute approximate surface area is 293 Å². The molecule has 0 spiro atoms. The molecule has 6 aromatic carbocycles. The maximum Gasteiger partial charge on any atom is 0 e. The van der Waals surface area contributed by atoms with Crippen LogP contribution in [0.1, 0.15) is 44.5 Å². The largest absolute Gasteiger partial charge is 0.748 e. The smallest absolute Gasteiger partial charge is 0 e. The van der Waals surface area contributed by atoms with Gasteiger partial charge in [0.25, 0.3) is 0 Å². The van der Waals surface area contributed by atoms with Crippen molar-refractivity contribution in [2.45, 2.75) is 55.4 Å². The van der Waals surface area contributed by atoms with Crippen LogP contribution >= 0.6 is 15.8 Å². The first-order valence-electron chi connectivity index (χ1n) is 15.5. The third-order valence-corrected chi connectivity index (χ3v) is 14.9. The molecule has 0 radical (unpaired) electrons. The van der Waals surface area contributed by atoms with E-state index in [-0.39, 0.29) is 26.2 Å². The molecule has 0 unspecified atom stereocenters. The number of rotatable bonds is 6. The van der Waals surface area contributed by atoms with Crippen LogP contribution in [0.3, 0.4) is 0 Å².